The molecule has 2 N–H and O–H groups in total. The molecule has 0 unspecified atom stereocenters. The van der Waals surface area contributed by atoms with Gasteiger partial charge >= 0.3 is 0 Å². The summed E-state index contributed by atoms with van der Waals surface area (Å²) in [6.45, 7) is 1.79. The number of hydrazone groups is 1. The third-order valence-corrected chi connectivity index (χ3v) is 4.04. The zero-order chi connectivity index (χ0) is 19.8. The molecule has 0 atom stereocenters. The number of nitrogens with zero attached hydrogens (tertiary/aromatic N) is 2. The molecular formula is C18H17ClN4O4. The number of halogens is 1. The molecule has 2 aromatic carbocycles. The monoisotopic (exact) mass is 388 g/mol. The molecule has 0 aliphatic carbocycles. The van der Waals surface area contributed by atoms with Crippen molar-refractivity contribution < 1.29 is 14.5 Å². The molecular weight excluding hydrogens is 372 g/mol. The molecule has 0 aromatic heterocycles. The standard InChI is InChI=1S/C18H17ClN4O4/c1-12-15(19)3-2-4-16(12)21-17(24)9-10-18(25)22-20-11-13-5-7-14(8-6-13)23(26)27/h2-8,11H,9-10H2,1H3,(H,21,24)(H,22,25)/b20-11-. The van der Waals surface area contributed by atoms with Crippen LogP contribution in [-0.2, 0) is 9.59 Å². The maximum atomic E-state index is 11.9. The maximum absolute atomic E-state index is 11.9. The van der Waals surface area contributed by atoms with Crippen molar-refractivity contribution in [1.82, 2.24) is 5.43 Å². The van der Waals surface area contributed by atoms with E-state index >= 15 is 0 Å². The molecule has 9 heteroatoms. The molecule has 0 bridgehead atoms. The van der Waals surface area contributed by atoms with Crippen molar-refractivity contribution >= 4 is 41.0 Å². The van der Waals surface area contributed by atoms with E-state index in [1.807, 2.05) is 0 Å². The number of non-ortho nitro benzene ring substituents is 1. The van der Waals surface area contributed by atoms with E-state index in [1.54, 1.807) is 25.1 Å². The highest BCUT2D eigenvalue weighted by atomic mass is 35.5. The van der Waals surface area contributed by atoms with Crippen molar-refractivity contribution in [1.29, 1.82) is 0 Å². The minimum Gasteiger partial charge on any atom is -0.326 e. The van der Waals surface area contributed by atoms with Crippen molar-refractivity contribution in [2.24, 2.45) is 5.10 Å². The van der Waals surface area contributed by atoms with E-state index < -0.39 is 10.8 Å². The molecule has 0 aliphatic rings. The Bertz CT molecular complexity index is 881. The van der Waals surface area contributed by atoms with Crippen LogP contribution in [-0.4, -0.2) is 23.0 Å². The van der Waals surface area contributed by atoms with Crippen LogP contribution in [0.25, 0.3) is 0 Å². The van der Waals surface area contributed by atoms with Crippen LogP contribution in [0.15, 0.2) is 47.6 Å². The molecule has 27 heavy (non-hydrogen) atoms. The van der Waals surface area contributed by atoms with Crippen molar-refractivity contribution in [3.05, 3.63) is 68.7 Å². The van der Waals surface area contributed by atoms with Crippen LogP contribution in [0, 0.1) is 17.0 Å². The van der Waals surface area contributed by atoms with Gasteiger partial charge in [-0.25, -0.2) is 5.43 Å². The number of carbonyl (C=O) groups excluding carboxylic acids is 2. The number of anilines is 1. The molecule has 8 nitrogen and oxygen atoms in total. The zero-order valence-electron chi connectivity index (χ0n) is 14.4. The van der Waals surface area contributed by atoms with Gasteiger partial charge in [-0.3, -0.25) is 19.7 Å². The maximum Gasteiger partial charge on any atom is 0.269 e. The summed E-state index contributed by atoms with van der Waals surface area (Å²) >= 11 is 5.99. The van der Waals surface area contributed by atoms with Crippen LogP contribution in [0.4, 0.5) is 11.4 Å². The lowest BCUT2D eigenvalue weighted by Gasteiger charge is -2.09. The van der Waals surface area contributed by atoms with Crippen molar-refractivity contribution in [3.8, 4) is 0 Å². The summed E-state index contributed by atoms with van der Waals surface area (Å²) in [5.41, 5.74) is 4.22. The van der Waals surface area contributed by atoms with Gasteiger partial charge in [-0.05, 0) is 42.3 Å². The number of benzene rings is 2. The average molecular weight is 389 g/mol. The molecule has 0 radical (unpaired) electrons. The van der Waals surface area contributed by atoms with E-state index in [4.69, 9.17) is 11.6 Å². The van der Waals surface area contributed by atoms with Gasteiger partial charge in [0.05, 0.1) is 11.1 Å². The minimum absolute atomic E-state index is 0.00909. The van der Waals surface area contributed by atoms with E-state index in [2.05, 4.69) is 15.8 Å². The molecule has 0 saturated carbocycles. The first-order valence-electron chi connectivity index (χ1n) is 7.98. The molecule has 140 valence electrons. The summed E-state index contributed by atoms with van der Waals surface area (Å²) in [5, 5.41) is 17.6. The second-order valence-corrected chi connectivity index (χ2v) is 6.01. The number of carbonyl (C=O) groups is 2. The fraction of sp³-hybridized carbons (Fsp3) is 0.167. The predicted molar refractivity (Wildman–Crippen MR) is 103 cm³/mol. The lowest BCUT2D eigenvalue weighted by atomic mass is 10.2. The van der Waals surface area contributed by atoms with Crippen molar-refractivity contribution in [2.75, 3.05) is 5.32 Å². The van der Waals surface area contributed by atoms with Gasteiger partial charge < -0.3 is 5.32 Å². The molecule has 0 heterocycles. The third-order valence-electron chi connectivity index (χ3n) is 3.63. The van der Waals surface area contributed by atoms with Gasteiger partial charge in [0.15, 0.2) is 0 Å². The van der Waals surface area contributed by atoms with Crippen LogP contribution in [0.5, 0.6) is 0 Å². The van der Waals surface area contributed by atoms with E-state index in [-0.39, 0.29) is 24.4 Å². The molecule has 0 aliphatic heterocycles. The van der Waals surface area contributed by atoms with Crippen LogP contribution < -0.4 is 10.7 Å². The number of hydrogen-bond donors (Lipinski definition) is 2. The van der Waals surface area contributed by atoms with Gasteiger partial charge in [-0.1, -0.05) is 17.7 Å². The highest BCUT2D eigenvalue weighted by Gasteiger charge is 2.09. The summed E-state index contributed by atoms with van der Waals surface area (Å²) in [7, 11) is 0. The molecule has 2 rings (SSSR count). The predicted octanol–water partition coefficient (Wildman–Crippen LogP) is 3.43. The topological polar surface area (TPSA) is 114 Å². The first-order valence-corrected chi connectivity index (χ1v) is 8.36. The lowest BCUT2D eigenvalue weighted by molar-refractivity contribution is -0.384. The fourth-order valence-corrected chi connectivity index (χ4v) is 2.27. The molecule has 0 fully saturated rings. The first kappa shape index (κ1) is 20.1. The number of hydrogen-bond acceptors (Lipinski definition) is 5. The molecule has 0 spiro atoms. The molecule has 2 aromatic rings. The smallest absolute Gasteiger partial charge is 0.269 e. The number of amides is 2. The normalized spacial score (nSPS) is 10.6. The van der Waals surface area contributed by atoms with Gasteiger partial charge in [-0.15, -0.1) is 0 Å². The lowest BCUT2D eigenvalue weighted by Crippen LogP contribution is -2.20. The van der Waals surface area contributed by atoms with E-state index in [1.165, 1.54) is 30.5 Å². The van der Waals surface area contributed by atoms with Gasteiger partial charge in [0.25, 0.3) is 5.69 Å². The summed E-state index contributed by atoms with van der Waals surface area (Å²) in [4.78, 5) is 33.7. The second kappa shape index (κ2) is 9.44. The number of nitro groups is 1. The van der Waals surface area contributed by atoms with Crippen LogP contribution >= 0.6 is 11.6 Å². The van der Waals surface area contributed by atoms with Gasteiger partial charge in [0.2, 0.25) is 11.8 Å². The second-order valence-electron chi connectivity index (χ2n) is 5.60. The van der Waals surface area contributed by atoms with Crippen molar-refractivity contribution in [2.45, 2.75) is 19.8 Å². The highest BCUT2D eigenvalue weighted by Crippen LogP contribution is 2.23. The Balaban J connectivity index is 1.77. The summed E-state index contributed by atoms with van der Waals surface area (Å²) < 4.78 is 0. The zero-order valence-corrected chi connectivity index (χ0v) is 15.2. The third kappa shape index (κ3) is 6.19. The van der Waals surface area contributed by atoms with Crippen LogP contribution in [0.2, 0.25) is 5.02 Å². The Hall–Kier alpha value is -3.26. The van der Waals surface area contributed by atoms with Gasteiger partial charge in [-0.2, -0.15) is 5.10 Å². The van der Waals surface area contributed by atoms with Crippen LogP contribution in [0.1, 0.15) is 24.0 Å². The van der Waals surface area contributed by atoms with E-state index in [9.17, 15) is 19.7 Å². The molecule has 0 saturated heterocycles. The average Bonchev–Trinajstić information content (AvgIpc) is 2.64. The SMILES string of the molecule is Cc1c(Cl)cccc1NC(=O)CCC(=O)N/N=C\c1ccc([N+](=O)[O-])cc1. The quantitative estimate of drug-likeness (QED) is 0.429. The molecule has 2 amide bonds. The Labute approximate surface area is 160 Å². The fourth-order valence-electron chi connectivity index (χ4n) is 2.10. The Morgan fingerprint density at radius 1 is 1.15 bits per heavy atom. The Kier molecular flexibility index (Phi) is 7.01. The minimum atomic E-state index is -0.501. The van der Waals surface area contributed by atoms with E-state index in [0.29, 0.717) is 16.3 Å². The number of nitro benzene ring substituents is 1. The Morgan fingerprint density at radius 3 is 2.48 bits per heavy atom. The summed E-state index contributed by atoms with van der Waals surface area (Å²) in [6, 6.07) is 10.9. The Morgan fingerprint density at radius 2 is 1.81 bits per heavy atom. The van der Waals surface area contributed by atoms with Crippen LogP contribution in [0.3, 0.4) is 0 Å². The summed E-state index contributed by atoms with van der Waals surface area (Å²) in [6.07, 6.45) is 1.31. The number of rotatable bonds is 7. The summed E-state index contributed by atoms with van der Waals surface area (Å²) in [5.74, 6) is -0.735. The van der Waals surface area contributed by atoms with Crippen molar-refractivity contribution in [3.63, 3.8) is 0 Å². The van der Waals surface area contributed by atoms with Gasteiger partial charge in [0.1, 0.15) is 0 Å². The largest absolute Gasteiger partial charge is 0.326 e. The number of nitrogens with one attached hydrogen (secondary N) is 2. The van der Waals surface area contributed by atoms with E-state index in [0.717, 1.165) is 5.56 Å². The highest BCUT2D eigenvalue weighted by molar-refractivity contribution is 6.31. The first-order chi connectivity index (χ1) is 12.9. The van der Waals surface area contributed by atoms with Gasteiger partial charge in [0, 0.05) is 35.7 Å².